The van der Waals surface area contributed by atoms with Gasteiger partial charge in [-0.15, -0.1) is 0 Å². The Morgan fingerprint density at radius 2 is 1.80 bits per heavy atom. The lowest BCUT2D eigenvalue weighted by atomic mass is 10.2. The number of benzene rings is 1. The van der Waals surface area contributed by atoms with E-state index in [4.69, 9.17) is 5.11 Å². The minimum Gasteiger partial charge on any atom is -0.394 e. The van der Waals surface area contributed by atoms with Crippen molar-refractivity contribution in [1.29, 1.82) is 0 Å². The van der Waals surface area contributed by atoms with Gasteiger partial charge in [-0.3, -0.25) is 4.68 Å². The van der Waals surface area contributed by atoms with Gasteiger partial charge in [-0.2, -0.15) is 5.10 Å². The average molecular weight is 289 g/mol. The van der Waals surface area contributed by atoms with Crippen LogP contribution in [0, 0.1) is 23.3 Å². The number of aliphatic hydroxyl groups excluding tert-OH is 1. The molecule has 0 unspecified atom stereocenters. The fourth-order valence-electron chi connectivity index (χ4n) is 1.64. The maximum absolute atomic E-state index is 13.4. The van der Waals surface area contributed by atoms with E-state index in [2.05, 4.69) is 10.4 Å². The molecule has 0 spiro atoms. The molecule has 0 radical (unpaired) electrons. The summed E-state index contributed by atoms with van der Waals surface area (Å²) in [5.74, 6) is -5.90. The van der Waals surface area contributed by atoms with E-state index in [1.165, 1.54) is 17.1 Å². The van der Waals surface area contributed by atoms with E-state index < -0.39 is 29.0 Å². The largest absolute Gasteiger partial charge is 0.394 e. The maximum atomic E-state index is 13.4. The normalized spacial score (nSPS) is 10.8. The number of aromatic nitrogens is 2. The molecule has 0 fully saturated rings. The minimum absolute atomic E-state index is 0.0673. The van der Waals surface area contributed by atoms with Crippen LogP contribution in [0.2, 0.25) is 0 Å². The summed E-state index contributed by atoms with van der Waals surface area (Å²) in [6, 6.07) is 0.148. The van der Waals surface area contributed by atoms with E-state index in [0.717, 1.165) is 0 Å². The predicted octanol–water partition coefficient (Wildman–Crippen LogP) is 2.04. The Morgan fingerprint density at radius 1 is 1.15 bits per heavy atom. The van der Waals surface area contributed by atoms with Gasteiger partial charge in [0.2, 0.25) is 0 Å². The summed E-state index contributed by atoms with van der Waals surface area (Å²) in [4.78, 5) is 0. The lowest BCUT2D eigenvalue weighted by molar-refractivity contribution is 0.269. The lowest BCUT2D eigenvalue weighted by Crippen LogP contribution is -2.07. The van der Waals surface area contributed by atoms with Crippen molar-refractivity contribution in [2.45, 2.75) is 13.1 Å². The molecule has 8 heteroatoms. The summed E-state index contributed by atoms with van der Waals surface area (Å²) in [6.07, 6.45) is 2.95. The smallest absolute Gasteiger partial charge is 0.185 e. The van der Waals surface area contributed by atoms with Gasteiger partial charge in [-0.05, 0) is 0 Å². The molecule has 4 nitrogen and oxygen atoms in total. The Hall–Kier alpha value is -2.09. The molecule has 0 bridgehead atoms. The number of nitrogens with one attached hydrogen (secondary N) is 1. The standard InChI is InChI=1S/C12H11F4N3O/c13-8-3-9(14)11(16)12(10(8)15)17-4-7-5-18-19(6-7)1-2-20/h3,5-6,17,20H,1-2,4H2. The molecule has 2 rings (SSSR count). The van der Waals surface area contributed by atoms with E-state index in [1.54, 1.807) is 0 Å². The average Bonchev–Trinajstić information content (AvgIpc) is 2.85. The Labute approximate surface area is 111 Å². The summed E-state index contributed by atoms with van der Waals surface area (Å²) in [5.41, 5.74) is -0.320. The second-order valence-electron chi connectivity index (χ2n) is 4.03. The van der Waals surface area contributed by atoms with Crippen LogP contribution < -0.4 is 5.32 Å². The highest BCUT2D eigenvalue weighted by Crippen LogP contribution is 2.24. The highest BCUT2D eigenvalue weighted by molar-refractivity contribution is 5.47. The molecule has 2 aromatic rings. The van der Waals surface area contributed by atoms with Crippen LogP contribution in [-0.2, 0) is 13.1 Å². The van der Waals surface area contributed by atoms with Crippen molar-refractivity contribution < 1.29 is 22.7 Å². The number of hydrogen-bond acceptors (Lipinski definition) is 3. The van der Waals surface area contributed by atoms with Crippen molar-refractivity contribution in [3.05, 3.63) is 47.3 Å². The Bertz CT molecular complexity index is 589. The molecule has 1 aromatic carbocycles. The summed E-state index contributed by atoms with van der Waals surface area (Å²) in [5, 5.41) is 14.9. The SMILES string of the molecule is OCCn1cc(CNc2c(F)c(F)cc(F)c2F)cn1. The van der Waals surface area contributed by atoms with Crippen molar-refractivity contribution in [3.63, 3.8) is 0 Å². The number of aliphatic hydroxyl groups is 1. The Morgan fingerprint density at radius 3 is 2.40 bits per heavy atom. The third-order valence-corrected chi connectivity index (χ3v) is 2.60. The van der Waals surface area contributed by atoms with Crippen LogP contribution in [0.5, 0.6) is 0 Å². The second kappa shape index (κ2) is 5.91. The molecule has 1 aromatic heterocycles. The molecule has 0 aliphatic carbocycles. The van der Waals surface area contributed by atoms with Crippen molar-refractivity contribution in [3.8, 4) is 0 Å². The van der Waals surface area contributed by atoms with Crippen molar-refractivity contribution in [2.24, 2.45) is 0 Å². The van der Waals surface area contributed by atoms with Crippen LogP contribution >= 0.6 is 0 Å². The number of anilines is 1. The van der Waals surface area contributed by atoms with Gasteiger partial charge in [0.1, 0.15) is 5.69 Å². The third-order valence-electron chi connectivity index (χ3n) is 2.60. The van der Waals surface area contributed by atoms with Crippen LogP contribution in [-0.4, -0.2) is 21.5 Å². The van der Waals surface area contributed by atoms with Gasteiger partial charge in [0.15, 0.2) is 23.3 Å². The Balaban J connectivity index is 2.14. The summed E-state index contributed by atoms with van der Waals surface area (Å²) in [6.45, 7) is 0.104. The zero-order chi connectivity index (χ0) is 14.7. The molecule has 1 heterocycles. The van der Waals surface area contributed by atoms with E-state index in [0.29, 0.717) is 5.56 Å². The van der Waals surface area contributed by atoms with Gasteiger partial charge in [-0.25, -0.2) is 17.6 Å². The third kappa shape index (κ3) is 2.90. The molecular formula is C12H11F4N3O. The van der Waals surface area contributed by atoms with Gasteiger partial charge < -0.3 is 10.4 Å². The molecule has 0 aliphatic heterocycles. The highest BCUT2D eigenvalue weighted by atomic mass is 19.2. The molecule has 0 atom stereocenters. The van der Waals surface area contributed by atoms with Gasteiger partial charge in [0.25, 0.3) is 0 Å². The quantitative estimate of drug-likeness (QED) is 0.654. The molecule has 108 valence electrons. The summed E-state index contributed by atoms with van der Waals surface area (Å²) in [7, 11) is 0. The molecular weight excluding hydrogens is 278 g/mol. The number of nitrogens with zero attached hydrogens (tertiary/aromatic N) is 2. The Kier molecular flexibility index (Phi) is 4.23. The van der Waals surface area contributed by atoms with E-state index in [-0.39, 0.29) is 25.8 Å². The highest BCUT2D eigenvalue weighted by Gasteiger charge is 2.18. The first-order valence-electron chi connectivity index (χ1n) is 5.72. The summed E-state index contributed by atoms with van der Waals surface area (Å²) >= 11 is 0. The fourth-order valence-corrected chi connectivity index (χ4v) is 1.64. The zero-order valence-corrected chi connectivity index (χ0v) is 10.2. The minimum atomic E-state index is -1.48. The topological polar surface area (TPSA) is 50.1 Å². The first kappa shape index (κ1) is 14.3. The molecule has 0 saturated carbocycles. The van der Waals surface area contributed by atoms with Crippen LogP contribution in [0.25, 0.3) is 0 Å². The van der Waals surface area contributed by atoms with Crippen molar-refractivity contribution in [1.82, 2.24) is 9.78 Å². The molecule has 0 saturated heterocycles. The van der Waals surface area contributed by atoms with E-state index in [9.17, 15) is 17.6 Å². The lowest BCUT2D eigenvalue weighted by Gasteiger charge is -2.08. The first-order chi connectivity index (χ1) is 9.52. The number of rotatable bonds is 5. The zero-order valence-electron chi connectivity index (χ0n) is 10.2. The maximum Gasteiger partial charge on any atom is 0.185 e. The first-order valence-corrected chi connectivity index (χ1v) is 5.72. The van der Waals surface area contributed by atoms with Crippen LogP contribution in [0.3, 0.4) is 0 Å². The predicted molar refractivity (Wildman–Crippen MR) is 62.9 cm³/mol. The van der Waals surface area contributed by atoms with Crippen LogP contribution in [0.15, 0.2) is 18.5 Å². The molecule has 2 N–H and O–H groups in total. The van der Waals surface area contributed by atoms with Gasteiger partial charge in [0.05, 0.1) is 19.3 Å². The van der Waals surface area contributed by atoms with Crippen molar-refractivity contribution >= 4 is 5.69 Å². The van der Waals surface area contributed by atoms with Gasteiger partial charge >= 0.3 is 0 Å². The van der Waals surface area contributed by atoms with Gasteiger partial charge in [0, 0.05) is 24.4 Å². The van der Waals surface area contributed by atoms with Crippen molar-refractivity contribution in [2.75, 3.05) is 11.9 Å². The van der Waals surface area contributed by atoms with E-state index in [1.807, 2.05) is 0 Å². The van der Waals surface area contributed by atoms with Crippen LogP contribution in [0.1, 0.15) is 5.56 Å². The van der Waals surface area contributed by atoms with Gasteiger partial charge in [-0.1, -0.05) is 0 Å². The fraction of sp³-hybridized carbons (Fsp3) is 0.250. The van der Waals surface area contributed by atoms with Crippen LogP contribution in [0.4, 0.5) is 23.2 Å². The number of halogens is 4. The molecule has 20 heavy (non-hydrogen) atoms. The second-order valence-corrected chi connectivity index (χ2v) is 4.03. The van der Waals surface area contributed by atoms with E-state index >= 15 is 0 Å². The number of hydrogen-bond donors (Lipinski definition) is 2. The molecule has 0 aliphatic rings. The monoisotopic (exact) mass is 289 g/mol. The molecule has 0 amide bonds. The summed E-state index contributed by atoms with van der Waals surface area (Å²) < 4.78 is 54.1.